The van der Waals surface area contributed by atoms with Gasteiger partial charge in [-0.1, -0.05) is 13.3 Å². The van der Waals surface area contributed by atoms with Gasteiger partial charge in [0.1, 0.15) is 6.10 Å². The minimum atomic E-state index is -1.09. The number of aliphatic hydroxyl groups is 1. The molecule has 1 aliphatic heterocycles. The SMILES string of the molecule is CCCCN1C(=O)C[C@@H](O)C1=O. The topological polar surface area (TPSA) is 57.6 Å². The molecule has 1 fully saturated rings. The average molecular weight is 171 g/mol. The highest BCUT2D eigenvalue weighted by molar-refractivity contribution is 6.04. The van der Waals surface area contributed by atoms with Crippen LogP contribution in [-0.4, -0.2) is 34.5 Å². The van der Waals surface area contributed by atoms with Gasteiger partial charge in [-0.25, -0.2) is 0 Å². The van der Waals surface area contributed by atoms with E-state index in [1.165, 1.54) is 0 Å². The first kappa shape index (κ1) is 9.19. The van der Waals surface area contributed by atoms with Crippen molar-refractivity contribution in [2.75, 3.05) is 6.54 Å². The Hall–Kier alpha value is -0.900. The predicted molar refractivity (Wildman–Crippen MR) is 42.3 cm³/mol. The molecule has 1 atom stereocenters. The fourth-order valence-electron chi connectivity index (χ4n) is 1.22. The zero-order valence-corrected chi connectivity index (χ0v) is 7.12. The standard InChI is InChI=1S/C8H13NO3/c1-2-3-4-9-7(11)5-6(10)8(9)12/h6,10H,2-5H2,1H3/t6-/m1/s1. The summed E-state index contributed by atoms with van der Waals surface area (Å²) >= 11 is 0. The first-order valence-electron chi connectivity index (χ1n) is 4.19. The number of amides is 2. The van der Waals surface area contributed by atoms with E-state index in [0.717, 1.165) is 17.7 Å². The normalized spacial score (nSPS) is 23.8. The fraction of sp³-hybridized carbons (Fsp3) is 0.750. The van der Waals surface area contributed by atoms with Gasteiger partial charge in [0.05, 0.1) is 6.42 Å². The second-order valence-corrected chi connectivity index (χ2v) is 2.96. The molecule has 0 radical (unpaired) electrons. The van der Waals surface area contributed by atoms with E-state index in [2.05, 4.69) is 0 Å². The number of hydrogen-bond acceptors (Lipinski definition) is 3. The van der Waals surface area contributed by atoms with Gasteiger partial charge in [0, 0.05) is 6.54 Å². The highest BCUT2D eigenvalue weighted by atomic mass is 16.3. The summed E-state index contributed by atoms with van der Waals surface area (Å²) in [5.41, 5.74) is 0. The molecule has 0 spiro atoms. The summed E-state index contributed by atoms with van der Waals surface area (Å²) in [5, 5.41) is 9.03. The summed E-state index contributed by atoms with van der Waals surface area (Å²) < 4.78 is 0. The quantitative estimate of drug-likeness (QED) is 0.603. The second-order valence-electron chi connectivity index (χ2n) is 2.96. The van der Waals surface area contributed by atoms with E-state index in [0.29, 0.717) is 6.54 Å². The molecule has 0 aliphatic carbocycles. The van der Waals surface area contributed by atoms with Gasteiger partial charge in [-0.05, 0) is 6.42 Å². The zero-order valence-electron chi connectivity index (χ0n) is 7.12. The lowest BCUT2D eigenvalue weighted by Gasteiger charge is -2.12. The minimum Gasteiger partial charge on any atom is -0.383 e. The maximum atomic E-state index is 11.1. The van der Waals surface area contributed by atoms with E-state index in [9.17, 15) is 9.59 Å². The van der Waals surface area contributed by atoms with Crippen molar-refractivity contribution in [3.8, 4) is 0 Å². The molecule has 0 aromatic rings. The lowest BCUT2D eigenvalue weighted by Crippen LogP contribution is -2.32. The number of imide groups is 1. The largest absolute Gasteiger partial charge is 0.383 e. The molecular formula is C8H13NO3. The number of carbonyl (C=O) groups is 2. The van der Waals surface area contributed by atoms with Gasteiger partial charge in [-0.3, -0.25) is 14.5 Å². The van der Waals surface area contributed by atoms with Crippen LogP contribution in [0.15, 0.2) is 0 Å². The van der Waals surface area contributed by atoms with Gasteiger partial charge in [-0.15, -0.1) is 0 Å². The molecule has 1 N–H and O–H groups in total. The molecule has 4 nitrogen and oxygen atoms in total. The van der Waals surface area contributed by atoms with Crippen LogP contribution in [0, 0.1) is 0 Å². The predicted octanol–water partition coefficient (Wildman–Crippen LogP) is -0.0937. The molecule has 0 bridgehead atoms. The number of carbonyl (C=O) groups excluding carboxylic acids is 2. The van der Waals surface area contributed by atoms with Gasteiger partial charge in [0.2, 0.25) is 5.91 Å². The van der Waals surface area contributed by atoms with Gasteiger partial charge in [0.25, 0.3) is 5.91 Å². The van der Waals surface area contributed by atoms with Crippen LogP contribution in [0.1, 0.15) is 26.2 Å². The molecule has 1 heterocycles. The molecule has 2 amide bonds. The number of likely N-dealkylation sites (tertiary alicyclic amines) is 1. The third-order valence-electron chi connectivity index (χ3n) is 1.96. The van der Waals surface area contributed by atoms with Crippen LogP contribution in [-0.2, 0) is 9.59 Å². The molecule has 12 heavy (non-hydrogen) atoms. The Kier molecular flexibility index (Phi) is 2.81. The first-order chi connectivity index (χ1) is 5.66. The Bertz CT molecular complexity index is 202. The Morgan fingerprint density at radius 1 is 1.58 bits per heavy atom. The van der Waals surface area contributed by atoms with Crippen molar-refractivity contribution in [3.63, 3.8) is 0 Å². The van der Waals surface area contributed by atoms with Crippen molar-refractivity contribution in [2.24, 2.45) is 0 Å². The van der Waals surface area contributed by atoms with Crippen LogP contribution in [0.2, 0.25) is 0 Å². The smallest absolute Gasteiger partial charge is 0.258 e. The van der Waals surface area contributed by atoms with Crippen molar-refractivity contribution in [1.82, 2.24) is 4.90 Å². The summed E-state index contributed by atoms with van der Waals surface area (Å²) in [6.45, 7) is 2.44. The number of rotatable bonds is 3. The molecular weight excluding hydrogens is 158 g/mol. The Labute approximate surface area is 71.2 Å². The fourth-order valence-corrected chi connectivity index (χ4v) is 1.22. The maximum absolute atomic E-state index is 11.1. The minimum absolute atomic E-state index is 0.0391. The zero-order chi connectivity index (χ0) is 9.14. The second kappa shape index (κ2) is 3.67. The highest BCUT2D eigenvalue weighted by Gasteiger charge is 2.36. The summed E-state index contributed by atoms with van der Waals surface area (Å²) in [6.07, 6.45) is 0.620. The Morgan fingerprint density at radius 2 is 2.25 bits per heavy atom. The van der Waals surface area contributed by atoms with E-state index in [1.54, 1.807) is 0 Å². The summed E-state index contributed by atoms with van der Waals surface area (Å²) in [4.78, 5) is 23.3. The van der Waals surface area contributed by atoms with Crippen LogP contribution < -0.4 is 0 Å². The molecule has 0 saturated carbocycles. The number of hydrogen-bond donors (Lipinski definition) is 1. The van der Waals surface area contributed by atoms with Gasteiger partial charge in [0.15, 0.2) is 0 Å². The highest BCUT2D eigenvalue weighted by Crippen LogP contribution is 2.13. The first-order valence-corrected chi connectivity index (χ1v) is 4.19. The average Bonchev–Trinajstić information content (AvgIpc) is 2.25. The lowest BCUT2D eigenvalue weighted by molar-refractivity contribution is -0.140. The van der Waals surface area contributed by atoms with Gasteiger partial charge in [-0.2, -0.15) is 0 Å². The molecule has 1 saturated heterocycles. The van der Waals surface area contributed by atoms with Crippen molar-refractivity contribution >= 4 is 11.8 Å². The van der Waals surface area contributed by atoms with Gasteiger partial charge < -0.3 is 5.11 Å². The molecule has 1 rings (SSSR count). The monoisotopic (exact) mass is 171 g/mol. The van der Waals surface area contributed by atoms with Crippen LogP contribution in [0.25, 0.3) is 0 Å². The van der Waals surface area contributed by atoms with E-state index >= 15 is 0 Å². The van der Waals surface area contributed by atoms with Crippen LogP contribution in [0.5, 0.6) is 0 Å². The van der Waals surface area contributed by atoms with Crippen molar-refractivity contribution in [3.05, 3.63) is 0 Å². The third-order valence-corrected chi connectivity index (χ3v) is 1.96. The third kappa shape index (κ3) is 1.64. The number of nitrogens with zero attached hydrogens (tertiary/aromatic N) is 1. The Balaban J connectivity index is 2.52. The lowest BCUT2D eigenvalue weighted by atomic mass is 10.3. The summed E-state index contributed by atoms with van der Waals surface area (Å²) in [7, 11) is 0. The van der Waals surface area contributed by atoms with E-state index < -0.39 is 12.0 Å². The molecule has 4 heteroatoms. The number of unbranched alkanes of at least 4 members (excludes halogenated alkanes) is 1. The maximum Gasteiger partial charge on any atom is 0.258 e. The number of aliphatic hydroxyl groups excluding tert-OH is 1. The van der Waals surface area contributed by atoms with Crippen molar-refractivity contribution < 1.29 is 14.7 Å². The van der Waals surface area contributed by atoms with E-state index in [4.69, 9.17) is 5.11 Å². The Morgan fingerprint density at radius 3 is 2.67 bits per heavy atom. The van der Waals surface area contributed by atoms with Crippen LogP contribution in [0.4, 0.5) is 0 Å². The van der Waals surface area contributed by atoms with E-state index in [-0.39, 0.29) is 12.3 Å². The molecule has 68 valence electrons. The summed E-state index contributed by atoms with van der Waals surface area (Å²) in [5.74, 6) is -0.686. The van der Waals surface area contributed by atoms with Crippen molar-refractivity contribution in [2.45, 2.75) is 32.3 Å². The summed E-state index contributed by atoms with van der Waals surface area (Å²) in [6, 6.07) is 0. The van der Waals surface area contributed by atoms with E-state index in [1.807, 2.05) is 6.92 Å². The van der Waals surface area contributed by atoms with Crippen LogP contribution >= 0.6 is 0 Å². The van der Waals surface area contributed by atoms with Crippen LogP contribution in [0.3, 0.4) is 0 Å². The molecule has 0 aromatic carbocycles. The van der Waals surface area contributed by atoms with Gasteiger partial charge >= 0.3 is 0 Å². The molecule has 0 aromatic heterocycles. The molecule has 0 unspecified atom stereocenters. The van der Waals surface area contributed by atoms with Crippen molar-refractivity contribution in [1.29, 1.82) is 0 Å². The molecule has 1 aliphatic rings.